The highest BCUT2D eigenvalue weighted by Crippen LogP contribution is 2.45. The van der Waals surface area contributed by atoms with Crippen LogP contribution in [0.25, 0.3) is 0 Å². The van der Waals surface area contributed by atoms with Crippen LogP contribution < -0.4 is 5.32 Å². The average Bonchev–Trinajstić information content (AvgIpc) is 3.00. The monoisotopic (exact) mass is 437 g/mol. The molecule has 2 unspecified atom stereocenters. The zero-order valence-electron chi connectivity index (χ0n) is 12.7. The summed E-state index contributed by atoms with van der Waals surface area (Å²) >= 11 is 6.15. The molecule has 0 aromatic heterocycles. The summed E-state index contributed by atoms with van der Waals surface area (Å²) in [6.07, 6.45) is 3.35. The second-order valence-electron chi connectivity index (χ2n) is 5.72. The van der Waals surface area contributed by atoms with Gasteiger partial charge in [-0.3, -0.25) is 4.99 Å². The number of nitrogens with one attached hydrogen (secondary N) is 1. The molecule has 3 nitrogen and oxygen atoms in total. The Bertz CT molecular complexity index is 526. The average molecular weight is 438 g/mol. The summed E-state index contributed by atoms with van der Waals surface area (Å²) in [5, 5.41) is 4.01. The summed E-state index contributed by atoms with van der Waals surface area (Å²) in [7, 11) is 0. The molecule has 1 aromatic rings. The van der Waals surface area contributed by atoms with Gasteiger partial charge in [-0.1, -0.05) is 17.7 Å². The Balaban J connectivity index is 0.00000176. The second kappa shape index (κ2) is 7.81. The van der Waals surface area contributed by atoms with Gasteiger partial charge in [0, 0.05) is 42.2 Å². The molecule has 1 saturated heterocycles. The lowest BCUT2D eigenvalue weighted by Crippen LogP contribution is -2.41. The highest BCUT2D eigenvalue weighted by molar-refractivity contribution is 14.0. The first kappa shape index (κ1) is 17.8. The van der Waals surface area contributed by atoms with Crippen molar-refractivity contribution in [3.63, 3.8) is 0 Å². The third kappa shape index (κ3) is 3.85. The first-order valence-electron chi connectivity index (χ1n) is 7.70. The van der Waals surface area contributed by atoms with Crippen LogP contribution in [0.2, 0.25) is 5.02 Å². The molecular formula is C16H22ClFIN3. The van der Waals surface area contributed by atoms with Gasteiger partial charge in [0.15, 0.2) is 5.96 Å². The zero-order valence-corrected chi connectivity index (χ0v) is 15.8. The van der Waals surface area contributed by atoms with Gasteiger partial charge in [0.2, 0.25) is 0 Å². The maximum atomic E-state index is 13.9. The van der Waals surface area contributed by atoms with Crippen LogP contribution in [0.3, 0.4) is 0 Å². The Kier molecular flexibility index (Phi) is 6.32. The van der Waals surface area contributed by atoms with E-state index in [1.807, 2.05) is 6.92 Å². The number of halogens is 3. The lowest BCUT2D eigenvalue weighted by Gasteiger charge is -2.21. The number of aliphatic imine (C=N–C) groups is 1. The normalized spacial score (nSPS) is 24.1. The molecule has 1 heterocycles. The highest BCUT2D eigenvalue weighted by Gasteiger charge is 2.42. The van der Waals surface area contributed by atoms with Crippen molar-refractivity contribution < 1.29 is 4.39 Å². The van der Waals surface area contributed by atoms with Crippen molar-refractivity contribution >= 4 is 41.5 Å². The first-order valence-corrected chi connectivity index (χ1v) is 8.08. The summed E-state index contributed by atoms with van der Waals surface area (Å²) in [6.45, 7) is 4.92. The molecule has 2 aliphatic rings. The van der Waals surface area contributed by atoms with Gasteiger partial charge in [-0.25, -0.2) is 4.39 Å². The van der Waals surface area contributed by atoms with Gasteiger partial charge in [-0.15, -0.1) is 24.0 Å². The molecule has 0 spiro atoms. The molecule has 122 valence electrons. The molecule has 0 radical (unpaired) electrons. The molecular weight excluding hydrogens is 416 g/mol. The fourth-order valence-corrected chi connectivity index (χ4v) is 3.32. The maximum Gasteiger partial charge on any atom is 0.194 e. The van der Waals surface area contributed by atoms with Gasteiger partial charge >= 0.3 is 0 Å². The predicted octanol–water partition coefficient (Wildman–Crippen LogP) is 4.01. The lowest BCUT2D eigenvalue weighted by atomic mass is 10.1. The summed E-state index contributed by atoms with van der Waals surface area (Å²) in [6, 6.07) is 5.14. The minimum Gasteiger partial charge on any atom is -0.353 e. The van der Waals surface area contributed by atoms with Crippen molar-refractivity contribution in [2.45, 2.75) is 38.1 Å². The molecule has 1 saturated carbocycles. The molecule has 2 atom stereocenters. The van der Waals surface area contributed by atoms with Crippen LogP contribution >= 0.6 is 35.6 Å². The predicted molar refractivity (Wildman–Crippen MR) is 99.9 cm³/mol. The Morgan fingerprint density at radius 2 is 2.14 bits per heavy atom. The van der Waals surface area contributed by atoms with Gasteiger partial charge in [0.05, 0.1) is 0 Å². The first-order chi connectivity index (χ1) is 10.2. The molecule has 1 N–H and O–H groups in total. The van der Waals surface area contributed by atoms with E-state index in [0.717, 1.165) is 32.0 Å². The third-order valence-corrected chi connectivity index (χ3v) is 4.52. The largest absolute Gasteiger partial charge is 0.353 e. The van der Waals surface area contributed by atoms with Crippen LogP contribution in [0.1, 0.15) is 37.7 Å². The van der Waals surface area contributed by atoms with E-state index in [0.29, 0.717) is 10.6 Å². The van der Waals surface area contributed by atoms with E-state index in [4.69, 9.17) is 11.6 Å². The topological polar surface area (TPSA) is 27.6 Å². The fraction of sp³-hybridized carbons (Fsp3) is 0.562. The van der Waals surface area contributed by atoms with Gasteiger partial charge in [0.1, 0.15) is 5.82 Å². The molecule has 1 aromatic carbocycles. The van der Waals surface area contributed by atoms with Crippen molar-refractivity contribution in [2.24, 2.45) is 4.99 Å². The molecule has 0 bridgehead atoms. The molecule has 0 amide bonds. The molecule has 6 heteroatoms. The molecule has 1 aliphatic heterocycles. The molecule has 3 rings (SSSR count). The second-order valence-corrected chi connectivity index (χ2v) is 6.13. The summed E-state index contributed by atoms with van der Waals surface area (Å²) in [5.41, 5.74) is 0.647. The van der Waals surface area contributed by atoms with E-state index in [-0.39, 0.29) is 41.8 Å². The Labute approximate surface area is 153 Å². The molecule has 22 heavy (non-hydrogen) atoms. The quantitative estimate of drug-likeness (QED) is 0.439. The Morgan fingerprint density at radius 1 is 1.41 bits per heavy atom. The van der Waals surface area contributed by atoms with Gasteiger partial charge in [-0.05, 0) is 38.3 Å². The fourth-order valence-electron chi connectivity index (χ4n) is 3.02. The minimum atomic E-state index is -0.202. The Hall–Kier alpha value is -0.560. The van der Waals surface area contributed by atoms with Crippen LogP contribution in [0.5, 0.6) is 0 Å². The van der Waals surface area contributed by atoms with Gasteiger partial charge in [0.25, 0.3) is 0 Å². The number of guanidine groups is 1. The van der Waals surface area contributed by atoms with Gasteiger partial charge < -0.3 is 10.2 Å². The van der Waals surface area contributed by atoms with E-state index in [1.165, 1.54) is 18.9 Å². The molecule has 2 fully saturated rings. The Morgan fingerprint density at radius 3 is 2.77 bits per heavy atom. The van der Waals surface area contributed by atoms with E-state index < -0.39 is 0 Å². The van der Waals surface area contributed by atoms with E-state index in [2.05, 4.69) is 15.2 Å². The standard InChI is InChI=1S/C16H21ClFN3.HI/c1-2-19-16(21-8-3-4-9-21)20-14-10-11(14)15-12(17)6-5-7-13(15)18;/h5-7,11,14H,2-4,8-10H2,1H3,(H,19,20);1H. The smallest absolute Gasteiger partial charge is 0.194 e. The van der Waals surface area contributed by atoms with E-state index in [9.17, 15) is 4.39 Å². The van der Waals surface area contributed by atoms with Crippen molar-refractivity contribution in [1.82, 2.24) is 10.2 Å². The van der Waals surface area contributed by atoms with Crippen LogP contribution in [0.4, 0.5) is 4.39 Å². The van der Waals surface area contributed by atoms with Crippen LogP contribution in [-0.2, 0) is 0 Å². The number of likely N-dealkylation sites (tertiary alicyclic amines) is 1. The SMILES string of the molecule is CCN=C(NC1CC1c1c(F)cccc1Cl)N1CCCC1.I. The number of hydrogen-bond donors (Lipinski definition) is 1. The summed E-state index contributed by atoms with van der Waals surface area (Å²) in [4.78, 5) is 6.86. The van der Waals surface area contributed by atoms with Crippen LogP contribution in [0, 0.1) is 5.82 Å². The lowest BCUT2D eigenvalue weighted by molar-refractivity contribution is 0.490. The summed E-state index contributed by atoms with van der Waals surface area (Å²) < 4.78 is 13.9. The van der Waals surface area contributed by atoms with Crippen molar-refractivity contribution in [3.05, 3.63) is 34.6 Å². The number of rotatable bonds is 3. The molecule has 1 aliphatic carbocycles. The van der Waals surface area contributed by atoms with Crippen molar-refractivity contribution in [1.29, 1.82) is 0 Å². The van der Waals surface area contributed by atoms with Crippen molar-refractivity contribution in [3.8, 4) is 0 Å². The number of nitrogens with zero attached hydrogens (tertiary/aromatic N) is 2. The highest BCUT2D eigenvalue weighted by atomic mass is 127. The van der Waals surface area contributed by atoms with Crippen LogP contribution in [0.15, 0.2) is 23.2 Å². The third-order valence-electron chi connectivity index (χ3n) is 4.19. The maximum absolute atomic E-state index is 13.9. The van der Waals surface area contributed by atoms with Crippen LogP contribution in [-0.4, -0.2) is 36.5 Å². The number of hydrogen-bond acceptors (Lipinski definition) is 1. The minimum absolute atomic E-state index is 0. The zero-order chi connectivity index (χ0) is 14.8. The number of benzene rings is 1. The van der Waals surface area contributed by atoms with Gasteiger partial charge in [-0.2, -0.15) is 0 Å². The van der Waals surface area contributed by atoms with E-state index in [1.54, 1.807) is 12.1 Å². The summed E-state index contributed by atoms with van der Waals surface area (Å²) in [5.74, 6) is 0.922. The van der Waals surface area contributed by atoms with Crippen molar-refractivity contribution in [2.75, 3.05) is 19.6 Å². The van der Waals surface area contributed by atoms with E-state index >= 15 is 0 Å².